The SMILES string of the molecule is COc1ccc(Cn2nnc(C(=O)O)c2OC2CCC(c3ccc(OC[C@H]4CCC[C@H](CO)C4)cc3)CC2)cc1. The van der Waals surface area contributed by atoms with E-state index in [0.29, 0.717) is 30.9 Å². The van der Waals surface area contributed by atoms with Crippen LogP contribution in [0.3, 0.4) is 0 Å². The zero-order valence-corrected chi connectivity index (χ0v) is 23.1. The molecule has 1 aromatic heterocycles. The lowest BCUT2D eigenvalue weighted by Crippen LogP contribution is -2.25. The Bertz CT molecular complexity index is 1230. The van der Waals surface area contributed by atoms with E-state index in [0.717, 1.165) is 55.6 Å². The lowest BCUT2D eigenvalue weighted by molar-refractivity contribution is 0.0676. The third kappa shape index (κ3) is 6.94. The number of methoxy groups -OCH3 is 1. The van der Waals surface area contributed by atoms with Gasteiger partial charge in [-0.15, -0.1) is 5.10 Å². The number of aromatic nitrogens is 3. The summed E-state index contributed by atoms with van der Waals surface area (Å²) in [6, 6.07) is 16.0. The number of carboxylic acid groups (broad SMARTS) is 1. The van der Waals surface area contributed by atoms with Gasteiger partial charge in [0.05, 0.1) is 20.3 Å². The van der Waals surface area contributed by atoms with Gasteiger partial charge in [0.1, 0.15) is 17.6 Å². The molecule has 2 aliphatic carbocycles. The van der Waals surface area contributed by atoms with Crippen molar-refractivity contribution in [3.63, 3.8) is 0 Å². The van der Waals surface area contributed by atoms with Gasteiger partial charge in [-0.3, -0.25) is 0 Å². The molecule has 5 rings (SSSR count). The molecule has 2 aliphatic rings. The number of aromatic carboxylic acids is 1. The van der Waals surface area contributed by atoms with Crippen LogP contribution in [0.4, 0.5) is 0 Å². The number of carboxylic acids is 1. The van der Waals surface area contributed by atoms with Crippen molar-refractivity contribution in [2.24, 2.45) is 11.8 Å². The predicted octanol–water partition coefficient (Wildman–Crippen LogP) is 5.32. The summed E-state index contributed by atoms with van der Waals surface area (Å²) in [5.74, 6) is 2.07. The van der Waals surface area contributed by atoms with Gasteiger partial charge in [-0.25, -0.2) is 9.48 Å². The topological polar surface area (TPSA) is 116 Å². The average Bonchev–Trinajstić information content (AvgIpc) is 3.39. The fourth-order valence-electron chi connectivity index (χ4n) is 6.00. The second kappa shape index (κ2) is 13.2. The van der Waals surface area contributed by atoms with Crippen LogP contribution in [-0.2, 0) is 6.54 Å². The second-order valence-corrected chi connectivity index (χ2v) is 11.1. The molecule has 0 spiro atoms. The normalized spacial score (nSPS) is 22.9. The lowest BCUT2D eigenvalue weighted by Gasteiger charge is -2.29. The summed E-state index contributed by atoms with van der Waals surface area (Å²) in [6.45, 7) is 1.34. The van der Waals surface area contributed by atoms with E-state index >= 15 is 0 Å². The van der Waals surface area contributed by atoms with Crippen molar-refractivity contribution in [2.45, 2.75) is 69.9 Å². The van der Waals surface area contributed by atoms with Gasteiger partial charge < -0.3 is 24.4 Å². The Hall–Kier alpha value is -3.59. The maximum absolute atomic E-state index is 11.8. The Labute approximate surface area is 235 Å². The number of nitrogens with zero attached hydrogens (tertiary/aromatic N) is 3. The van der Waals surface area contributed by atoms with Crippen molar-refractivity contribution in [1.29, 1.82) is 0 Å². The Kier molecular flexibility index (Phi) is 9.21. The molecule has 0 saturated heterocycles. The molecule has 0 unspecified atom stereocenters. The zero-order valence-electron chi connectivity index (χ0n) is 23.1. The van der Waals surface area contributed by atoms with Gasteiger partial charge in [0.15, 0.2) is 0 Å². The fourth-order valence-corrected chi connectivity index (χ4v) is 6.00. The van der Waals surface area contributed by atoms with Crippen LogP contribution in [0.15, 0.2) is 48.5 Å². The third-order valence-electron chi connectivity index (χ3n) is 8.32. The number of hydrogen-bond acceptors (Lipinski definition) is 7. The molecule has 9 nitrogen and oxygen atoms in total. The summed E-state index contributed by atoms with van der Waals surface area (Å²) in [5, 5.41) is 27.1. The second-order valence-electron chi connectivity index (χ2n) is 11.1. The summed E-state index contributed by atoms with van der Waals surface area (Å²) in [7, 11) is 1.61. The zero-order chi connectivity index (χ0) is 27.9. The first-order valence-corrected chi connectivity index (χ1v) is 14.3. The summed E-state index contributed by atoms with van der Waals surface area (Å²) in [6.07, 6.45) is 7.98. The Morgan fingerprint density at radius 3 is 2.33 bits per heavy atom. The summed E-state index contributed by atoms with van der Waals surface area (Å²) < 4.78 is 19.1. The van der Waals surface area contributed by atoms with Crippen LogP contribution >= 0.6 is 0 Å². The van der Waals surface area contributed by atoms with Crippen molar-refractivity contribution in [2.75, 3.05) is 20.3 Å². The highest BCUT2D eigenvalue weighted by Crippen LogP contribution is 2.36. The number of aliphatic hydroxyl groups excluding tert-OH is 1. The van der Waals surface area contributed by atoms with E-state index in [-0.39, 0.29) is 24.3 Å². The smallest absolute Gasteiger partial charge is 0.362 e. The van der Waals surface area contributed by atoms with Gasteiger partial charge in [0.2, 0.25) is 11.6 Å². The summed E-state index contributed by atoms with van der Waals surface area (Å²) >= 11 is 0. The van der Waals surface area contributed by atoms with E-state index in [9.17, 15) is 15.0 Å². The Balaban J connectivity index is 1.14. The number of carbonyl (C=O) groups is 1. The van der Waals surface area contributed by atoms with Crippen LogP contribution < -0.4 is 14.2 Å². The molecule has 2 N–H and O–H groups in total. The van der Waals surface area contributed by atoms with Crippen molar-refractivity contribution in [3.05, 3.63) is 65.4 Å². The van der Waals surface area contributed by atoms with Gasteiger partial charge in [-0.1, -0.05) is 35.9 Å². The quantitative estimate of drug-likeness (QED) is 0.330. The minimum absolute atomic E-state index is 0.0942. The van der Waals surface area contributed by atoms with Gasteiger partial charge >= 0.3 is 5.97 Å². The van der Waals surface area contributed by atoms with Crippen molar-refractivity contribution >= 4 is 5.97 Å². The highest BCUT2D eigenvalue weighted by molar-refractivity contribution is 5.87. The van der Waals surface area contributed by atoms with Crippen LogP contribution in [0, 0.1) is 11.8 Å². The molecule has 0 amide bonds. The van der Waals surface area contributed by atoms with Crippen LogP contribution in [0.1, 0.15) is 78.9 Å². The number of aliphatic hydroxyl groups is 1. The van der Waals surface area contributed by atoms with Crippen molar-refractivity contribution < 1.29 is 29.2 Å². The van der Waals surface area contributed by atoms with Gasteiger partial charge in [0, 0.05) is 6.61 Å². The highest BCUT2D eigenvalue weighted by Gasteiger charge is 2.28. The minimum Gasteiger partial charge on any atom is -0.497 e. The fraction of sp³-hybridized carbons (Fsp3) is 0.516. The molecular weight excluding hydrogens is 510 g/mol. The number of rotatable bonds is 11. The first-order valence-electron chi connectivity index (χ1n) is 14.3. The molecular formula is C31H39N3O6. The van der Waals surface area contributed by atoms with E-state index in [4.69, 9.17) is 14.2 Å². The number of ether oxygens (including phenoxy) is 3. The summed E-state index contributed by atoms with van der Waals surface area (Å²) in [5.41, 5.74) is 2.07. The van der Waals surface area contributed by atoms with Gasteiger partial charge in [-0.05, 0) is 98.1 Å². The Morgan fingerprint density at radius 1 is 0.950 bits per heavy atom. The van der Waals surface area contributed by atoms with Crippen LogP contribution in [0.25, 0.3) is 0 Å². The number of benzene rings is 2. The van der Waals surface area contributed by atoms with Crippen LogP contribution in [-0.4, -0.2) is 57.6 Å². The van der Waals surface area contributed by atoms with E-state index in [1.54, 1.807) is 7.11 Å². The molecule has 3 aromatic rings. The maximum atomic E-state index is 11.8. The van der Waals surface area contributed by atoms with Crippen molar-refractivity contribution in [3.8, 4) is 17.4 Å². The van der Waals surface area contributed by atoms with Gasteiger partial charge in [0.25, 0.3) is 0 Å². The lowest BCUT2D eigenvalue weighted by atomic mass is 9.82. The Morgan fingerprint density at radius 2 is 1.65 bits per heavy atom. The third-order valence-corrected chi connectivity index (χ3v) is 8.32. The molecule has 0 bridgehead atoms. The molecule has 2 aromatic carbocycles. The first kappa shape index (κ1) is 28.0. The molecule has 9 heteroatoms. The van der Waals surface area contributed by atoms with E-state index in [2.05, 4.69) is 34.6 Å². The number of hydrogen-bond donors (Lipinski definition) is 2. The molecule has 2 atom stereocenters. The van der Waals surface area contributed by atoms with Gasteiger partial charge in [-0.2, -0.15) is 0 Å². The largest absolute Gasteiger partial charge is 0.497 e. The molecule has 0 radical (unpaired) electrons. The average molecular weight is 550 g/mol. The predicted molar refractivity (Wildman–Crippen MR) is 149 cm³/mol. The monoisotopic (exact) mass is 549 g/mol. The van der Waals surface area contributed by atoms with Crippen LogP contribution in [0.2, 0.25) is 0 Å². The maximum Gasteiger partial charge on any atom is 0.362 e. The summed E-state index contributed by atoms with van der Waals surface area (Å²) in [4.78, 5) is 11.8. The molecule has 40 heavy (non-hydrogen) atoms. The molecule has 2 fully saturated rings. The first-order chi connectivity index (χ1) is 19.5. The molecule has 2 saturated carbocycles. The molecule has 1 heterocycles. The van der Waals surface area contributed by atoms with Crippen molar-refractivity contribution in [1.82, 2.24) is 15.0 Å². The van der Waals surface area contributed by atoms with E-state index < -0.39 is 5.97 Å². The molecule has 0 aliphatic heterocycles. The van der Waals surface area contributed by atoms with E-state index in [1.807, 2.05) is 24.3 Å². The van der Waals surface area contributed by atoms with Crippen LogP contribution in [0.5, 0.6) is 17.4 Å². The van der Waals surface area contributed by atoms with E-state index in [1.165, 1.54) is 23.1 Å². The standard InChI is InChI=1S/C31H39N3O6/c1-38-26-11-5-21(6-12-26)18-34-30(29(31(36)37)32-33-34)40-28-15-9-25(10-16-28)24-7-13-27(14-8-24)39-20-23-4-2-3-22(17-23)19-35/h5-8,11-14,22-23,25,28,35H,2-4,9-10,15-20H2,1H3,(H,36,37)/t22-,23-,25?,28?/m0/s1. The molecule has 214 valence electrons. The highest BCUT2D eigenvalue weighted by atomic mass is 16.5. The minimum atomic E-state index is -1.15.